The minimum absolute atomic E-state index is 0.0293. The molecule has 0 unspecified atom stereocenters. The second-order valence-electron chi connectivity index (χ2n) is 2.00. The number of nitrogens with one attached hydrogen (secondary N) is 1. The fourth-order valence-electron chi connectivity index (χ4n) is 0.700. The van der Waals surface area contributed by atoms with Crippen LogP contribution < -0.4 is 5.32 Å². The molecule has 0 amide bonds. The Balaban J connectivity index is 3.21. The maximum Gasteiger partial charge on any atom is 0.141 e. The van der Waals surface area contributed by atoms with E-state index in [0.717, 1.165) is 0 Å². The van der Waals surface area contributed by atoms with E-state index in [4.69, 9.17) is 0 Å². The molecule has 0 aromatic heterocycles. The molecule has 0 radical (unpaired) electrons. The summed E-state index contributed by atoms with van der Waals surface area (Å²) in [5, 5.41) is 2.65. The number of halogens is 3. The van der Waals surface area contributed by atoms with Crippen LogP contribution in [0.5, 0.6) is 0 Å². The Morgan fingerprint density at radius 2 is 1.73 bits per heavy atom. The third-order valence-corrected chi connectivity index (χ3v) is 2.30. The van der Waals surface area contributed by atoms with Gasteiger partial charge in [-0.25, -0.2) is 8.78 Å². The van der Waals surface area contributed by atoms with Gasteiger partial charge in [-0.05, 0) is 34.7 Å². The Morgan fingerprint density at radius 1 is 1.27 bits per heavy atom. The lowest BCUT2D eigenvalue weighted by Crippen LogP contribution is -1.94. The number of hydrogen-bond acceptors (Lipinski definition) is 1. The second-order valence-corrected chi connectivity index (χ2v) is 3.08. The molecule has 1 N–H and O–H groups in total. The molecule has 0 fully saturated rings. The lowest BCUT2D eigenvalue weighted by Gasteiger charge is -2.01. The smallest absolute Gasteiger partial charge is 0.141 e. The van der Waals surface area contributed by atoms with E-state index >= 15 is 0 Å². The highest BCUT2D eigenvalue weighted by atomic mass is 127. The third-order valence-electron chi connectivity index (χ3n) is 1.27. The molecule has 1 aromatic rings. The molecule has 1 rings (SSSR count). The van der Waals surface area contributed by atoms with Crippen LogP contribution in [-0.2, 0) is 0 Å². The van der Waals surface area contributed by atoms with Gasteiger partial charge in [-0.3, -0.25) is 0 Å². The standard InChI is InChI=1S/C7H6F2IN/c1-11-4-2-5(8)7(10)6(9)3-4/h2-3,11H,1H3. The number of hydrogen-bond donors (Lipinski definition) is 1. The van der Waals surface area contributed by atoms with Crippen LogP contribution in [0, 0.1) is 15.2 Å². The summed E-state index contributed by atoms with van der Waals surface area (Å²) in [5.74, 6) is -1.06. The zero-order chi connectivity index (χ0) is 8.43. The summed E-state index contributed by atoms with van der Waals surface area (Å²) in [6.07, 6.45) is 0. The molecule has 0 aliphatic carbocycles. The van der Waals surface area contributed by atoms with Gasteiger partial charge < -0.3 is 5.32 Å². The van der Waals surface area contributed by atoms with Gasteiger partial charge in [0.15, 0.2) is 0 Å². The SMILES string of the molecule is CNc1cc(F)c(I)c(F)c1. The Labute approximate surface area is 76.9 Å². The summed E-state index contributed by atoms with van der Waals surface area (Å²) < 4.78 is 25.5. The molecule has 0 saturated heterocycles. The average Bonchev–Trinajstić information content (AvgIpc) is 1.99. The Morgan fingerprint density at radius 3 is 2.09 bits per heavy atom. The van der Waals surface area contributed by atoms with E-state index in [-0.39, 0.29) is 3.57 Å². The molecule has 11 heavy (non-hydrogen) atoms. The van der Waals surface area contributed by atoms with Gasteiger partial charge in [0, 0.05) is 12.7 Å². The molecule has 1 nitrogen and oxygen atoms in total. The van der Waals surface area contributed by atoms with Crippen LogP contribution in [0.15, 0.2) is 12.1 Å². The fraction of sp³-hybridized carbons (Fsp3) is 0.143. The van der Waals surface area contributed by atoms with Crippen LogP contribution in [0.3, 0.4) is 0 Å². The van der Waals surface area contributed by atoms with E-state index < -0.39 is 11.6 Å². The van der Waals surface area contributed by atoms with Crippen molar-refractivity contribution in [2.24, 2.45) is 0 Å². The highest BCUT2D eigenvalue weighted by Gasteiger charge is 2.06. The quantitative estimate of drug-likeness (QED) is 0.610. The van der Waals surface area contributed by atoms with Crippen molar-refractivity contribution in [3.63, 3.8) is 0 Å². The Bertz CT molecular complexity index is 252. The first-order valence-electron chi connectivity index (χ1n) is 2.97. The van der Waals surface area contributed by atoms with Gasteiger partial charge in [-0.1, -0.05) is 0 Å². The van der Waals surface area contributed by atoms with Crippen LogP contribution in [0.2, 0.25) is 0 Å². The van der Waals surface area contributed by atoms with Crippen LogP contribution in [0.4, 0.5) is 14.5 Å². The van der Waals surface area contributed by atoms with Gasteiger partial charge in [-0.15, -0.1) is 0 Å². The largest absolute Gasteiger partial charge is 0.388 e. The van der Waals surface area contributed by atoms with Crippen molar-refractivity contribution < 1.29 is 8.78 Å². The van der Waals surface area contributed by atoms with E-state index in [0.29, 0.717) is 5.69 Å². The molecule has 1 aromatic carbocycles. The van der Waals surface area contributed by atoms with Crippen molar-refractivity contribution in [1.82, 2.24) is 0 Å². The summed E-state index contributed by atoms with van der Waals surface area (Å²) >= 11 is 1.62. The van der Waals surface area contributed by atoms with Gasteiger partial charge in [0.05, 0.1) is 3.57 Å². The maximum atomic E-state index is 12.7. The summed E-state index contributed by atoms with van der Waals surface area (Å²) in [7, 11) is 1.61. The molecular formula is C7H6F2IN. The van der Waals surface area contributed by atoms with Gasteiger partial charge in [-0.2, -0.15) is 0 Å². The minimum atomic E-state index is -0.532. The zero-order valence-corrected chi connectivity index (χ0v) is 7.95. The predicted molar refractivity (Wildman–Crippen MR) is 48.6 cm³/mol. The van der Waals surface area contributed by atoms with Gasteiger partial charge in [0.2, 0.25) is 0 Å². The minimum Gasteiger partial charge on any atom is -0.388 e. The lowest BCUT2D eigenvalue weighted by molar-refractivity contribution is 0.571. The molecule has 0 bridgehead atoms. The molecule has 0 atom stereocenters. The van der Waals surface area contributed by atoms with Gasteiger partial charge in [0.1, 0.15) is 11.6 Å². The summed E-state index contributed by atoms with van der Waals surface area (Å²) in [5.41, 5.74) is 0.445. The molecule has 0 heterocycles. The molecule has 0 spiro atoms. The number of anilines is 1. The summed E-state index contributed by atoms with van der Waals surface area (Å²) in [4.78, 5) is 0. The second kappa shape index (κ2) is 3.34. The molecule has 0 aliphatic rings. The van der Waals surface area contributed by atoms with E-state index in [1.807, 2.05) is 0 Å². The summed E-state index contributed by atoms with van der Waals surface area (Å²) in [6.45, 7) is 0. The van der Waals surface area contributed by atoms with Crippen LogP contribution >= 0.6 is 22.6 Å². The van der Waals surface area contributed by atoms with Gasteiger partial charge >= 0.3 is 0 Å². The average molecular weight is 269 g/mol. The third kappa shape index (κ3) is 1.79. The lowest BCUT2D eigenvalue weighted by atomic mass is 10.3. The van der Waals surface area contributed by atoms with Crippen molar-refractivity contribution in [1.29, 1.82) is 0 Å². The first-order valence-corrected chi connectivity index (χ1v) is 4.05. The maximum absolute atomic E-state index is 12.7. The molecule has 0 aliphatic heterocycles. The van der Waals surface area contributed by atoms with E-state index in [1.165, 1.54) is 12.1 Å². The van der Waals surface area contributed by atoms with E-state index in [1.54, 1.807) is 29.6 Å². The number of benzene rings is 1. The number of rotatable bonds is 1. The van der Waals surface area contributed by atoms with Crippen molar-refractivity contribution in [3.8, 4) is 0 Å². The van der Waals surface area contributed by atoms with Crippen LogP contribution in [0.25, 0.3) is 0 Å². The Kier molecular flexibility index (Phi) is 2.64. The van der Waals surface area contributed by atoms with Crippen molar-refractivity contribution in [2.75, 3.05) is 12.4 Å². The summed E-state index contributed by atoms with van der Waals surface area (Å²) in [6, 6.07) is 2.51. The van der Waals surface area contributed by atoms with Crippen molar-refractivity contribution >= 4 is 28.3 Å². The van der Waals surface area contributed by atoms with Crippen LogP contribution in [-0.4, -0.2) is 7.05 Å². The molecular weight excluding hydrogens is 263 g/mol. The Hall–Kier alpha value is -0.390. The first kappa shape index (κ1) is 8.70. The monoisotopic (exact) mass is 269 g/mol. The topological polar surface area (TPSA) is 12.0 Å². The first-order chi connectivity index (χ1) is 5.15. The molecule has 60 valence electrons. The normalized spacial score (nSPS) is 9.82. The zero-order valence-electron chi connectivity index (χ0n) is 5.79. The van der Waals surface area contributed by atoms with Crippen molar-refractivity contribution in [2.45, 2.75) is 0 Å². The highest BCUT2D eigenvalue weighted by molar-refractivity contribution is 14.1. The fourth-order valence-corrected chi connectivity index (χ4v) is 1.01. The van der Waals surface area contributed by atoms with Crippen molar-refractivity contribution in [3.05, 3.63) is 27.3 Å². The van der Waals surface area contributed by atoms with E-state index in [9.17, 15) is 8.78 Å². The predicted octanol–water partition coefficient (Wildman–Crippen LogP) is 2.61. The molecule has 4 heteroatoms. The van der Waals surface area contributed by atoms with Crippen LogP contribution in [0.1, 0.15) is 0 Å². The molecule has 0 saturated carbocycles. The highest BCUT2D eigenvalue weighted by Crippen LogP contribution is 2.19. The van der Waals surface area contributed by atoms with Gasteiger partial charge in [0.25, 0.3) is 0 Å². The van der Waals surface area contributed by atoms with E-state index in [2.05, 4.69) is 5.32 Å².